The third kappa shape index (κ3) is 3.84. The largest absolute Gasteiger partial charge is 0.206 e. The van der Waals surface area contributed by atoms with E-state index in [0.29, 0.717) is 11.1 Å². The van der Waals surface area contributed by atoms with E-state index >= 15 is 0 Å². The quantitative estimate of drug-likeness (QED) is 0.307. The molecule has 0 bridgehead atoms. The van der Waals surface area contributed by atoms with Gasteiger partial charge in [0.1, 0.15) is 11.6 Å². The molecule has 0 aliphatic carbocycles. The summed E-state index contributed by atoms with van der Waals surface area (Å²) in [4.78, 5) is 0. The Hall–Kier alpha value is -3.26. The van der Waals surface area contributed by atoms with E-state index in [0.717, 1.165) is 34.7 Å². The molecule has 2 heteroatoms. The summed E-state index contributed by atoms with van der Waals surface area (Å²) in [7, 11) is 0. The zero-order chi connectivity index (χ0) is 20.4. The fourth-order valence-corrected chi connectivity index (χ4v) is 3.73. The lowest BCUT2D eigenvalue weighted by Crippen LogP contribution is -1.93. The molecule has 0 radical (unpaired) electrons. The Balaban J connectivity index is 1.79. The van der Waals surface area contributed by atoms with Gasteiger partial charge >= 0.3 is 0 Å². The van der Waals surface area contributed by atoms with Gasteiger partial charge in [0.15, 0.2) is 0 Å². The summed E-state index contributed by atoms with van der Waals surface area (Å²) in [5.41, 5.74) is 4.20. The van der Waals surface area contributed by atoms with E-state index in [1.54, 1.807) is 12.1 Å². The lowest BCUT2D eigenvalue weighted by atomic mass is 9.94. The van der Waals surface area contributed by atoms with Gasteiger partial charge in [-0.3, -0.25) is 0 Å². The van der Waals surface area contributed by atoms with Gasteiger partial charge < -0.3 is 0 Å². The fraction of sp³-hybridized carbons (Fsp3) is 0.111. The number of allylic oxidation sites excluding steroid dienone is 1. The third-order valence-corrected chi connectivity index (χ3v) is 5.28. The molecule has 0 nitrogen and oxygen atoms in total. The Kier molecular flexibility index (Phi) is 5.26. The van der Waals surface area contributed by atoms with Gasteiger partial charge in [0.25, 0.3) is 0 Å². The molecule has 0 unspecified atom stereocenters. The average molecular weight is 384 g/mol. The van der Waals surface area contributed by atoms with Crippen LogP contribution in [0.2, 0.25) is 0 Å². The second-order valence-electron chi connectivity index (χ2n) is 7.37. The number of fused-ring (bicyclic) bond motifs is 1. The number of rotatable bonds is 5. The van der Waals surface area contributed by atoms with Crippen molar-refractivity contribution in [2.45, 2.75) is 19.8 Å². The van der Waals surface area contributed by atoms with Crippen molar-refractivity contribution in [3.05, 3.63) is 108 Å². The molecule has 0 amide bonds. The maximum atomic E-state index is 14.9. The van der Waals surface area contributed by atoms with Gasteiger partial charge in [0, 0.05) is 0 Å². The van der Waals surface area contributed by atoms with Gasteiger partial charge in [-0.15, -0.1) is 6.58 Å². The van der Waals surface area contributed by atoms with Crippen molar-refractivity contribution < 1.29 is 8.78 Å². The zero-order valence-electron chi connectivity index (χ0n) is 16.4. The first-order valence-electron chi connectivity index (χ1n) is 9.76. The van der Waals surface area contributed by atoms with Crippen LogP contribution in [0.3, 0.4) is 0 Å². The second-order valence-corrected chi connectivity index (χ2v) is 7.37. The molecule has 4 rings (SSSR count). The molecule has 0 heterocycles. The van der Waals surface area contributed by atoms with Crippen molar-refractivity contribution >= 4 is 10.8 Å². The van der Waals surface area contributed by atoms with Gasteiger partial charge in [-0.05, 0) is 64.9 Å². The summed E-state index contributed by atoms with van der Waals surface area (Å²) in [6, 6.07) is 22.2. The summed E-state index contributed by atoms with van der Waals surface area (Å²) in [5, 5.41) is 2.05. The van der Waals surface area contributed by atoms with Crippen LogP contribution < -0.4 is 0 Å². The number of benzene rings is 4. The Morgan fingerprint density at radius 3 is 2.24 bits per heavy atom. The molecule has 0 saturated carbocycles. The Morgan fingerprint density at radius 1 is 0.828 bits per heavy atom. The summed E-state index contributed by atoms with van der Waals surface area (Å²) in [6.45, 7) is 5.72. The molecule has 144 valence electrons. The number of hydrogen-bond donors (Lipinski definition) is 0. The highest BCUT2D eigenvalue weighted by Crippen LogP contribution is 2.34. The van der Waals surface area contributed by atoms with Crippen molar-refractivity contribution in [3.63, 3.8) is 0 Å². The number of hydrogen-bond acceptors (Lipinski definition) is 0. The predicted molar refractivity (Wildman–Crippen MR) is 118 cm³/mol. The van der Waals surface area contributed by atoms with Crippen molar-refractivity contribution in [1.82, 2.24) is 0 Å². The molecule has 0 saturated heterocycles. The Bertz CT molecular complexity index is 1160. The SMILES string of the molecule is C=CCCc1ccc2c(-c3cc(F)c(-c4ccc(C)cc4)c(F)c3)cccc2c1. The minimum absolute atomic E-state index is 0.0145. The van der Waals surface area contributed by atoms with E-state index in [4.69, 9.17) is 0 Å². The number of aryl methyl sites for hydroxylation is 2. The summed E-state index contributed by atoms with van der Waals surface area (Å²) < 4.78 is 29.9. The van der Waals surface area contributed by atoms with E-state index in [-0.39, 0.29) is 5.56 Å². The topological polar surface area (TPSA) is 0 Å². The van der Waals surface area contributed by atoms with Gasteiger partial charge in [-0.25, -0.2) is 8.78 Å². The highest BCUT2D eigenvalue weighted by Gasteiger charge is 2.15. The van der Waals surface area contributed by atoms with Gasteiger partial charge in [-0.1, -0.05) is 72.3 Å². The van der Waals surface area contributed by atoms with E-state index in [1.165, 1.54) is 17.7 Å². The molecule has 4 aromatic rings. The van der Waals surface area contributed by atoms with Crippen LogP contribution in [0.5, 0.6) is 0 Å². The van der Waals surface area contributed by atoms with Crippen LogP contribution in [0.1, 0.15) is 17.5 Å². The fourth-order valence-electron chi connectivity index (χ4n) is 3.73. The molecule has 29 heavy (non-hydrogen) atoms. The first-order chi connectivity index (χ1) is 14.1. The van der Waals surface area contributed by atoms with Crippen LogP contribution in [0, 0.1) is 18.6 Å². The maximum Gasteiger partial charge on any atom is 0.134 e. The lowest BCUT2D eigenvalue weighted by Gasteiger charge is -2.12. The molecule has 0 fully saturated rings. The van der Waals surface area contributed by atoms with Crippen molar-refractivity contribution in [2.75, 3.05) is 0 Å². The van der Waals surface area contributed by atoms with Gasteiger partial charge in [0.2, 0.25) is 0 Å². The zero-order valence-corrected chi connectivity index (χ0v) is 16.4. The average Bonchev–Trinajstić information content (AvgIpc) is 2.72. The Labute approximate surface area is 170 Å². The van der Waals surface area contributed by atoms with Gasteiger partial charge in [0.05, 0.1) is 5.56 Å². The summed E-state index contributed by atoms with van der Waals surface area (Å²) in [5.74, 6) is -1.10. The minimum Gasteiger partial charge on any atom is -0.206 e. The van der Waals surface area contributed by atoms with Crippen LogP contribution in [0.15, 0.2) is 85.5 Å². The molecule has 0 N–H and O–H groups in total. The van der Waals surface area contributed by atoms with Crippen molar-refractivity contribution in [3.8, 4) is 22.3 Å². The molecule has 0 aliphatic heterocycles. The first kappa shape index (κ1) is 19.1. The van der Waals surface area contributed by atoms with E-state index < -0.39 is 11.6 Å². The molecule has 0 atom stereocenters. The van der Waals surface area contributed by atoms with Crippen LogP contribution in [0.4, 0.5) is 8.78 Å². The second kappa shape index (κ2) is 8.00. The first-order valence-corrected chi connectivity index (χ1v) is 9.76. The summed E-state index contributed by atoms with van der Waals surface area (Å²) >= 11 is 0. The monoisotopic (exact) mass is 384 g/mol. The molecular weight excluding hydrogens is 362 g/mol. The third-order valence-electron chi connectivity index (χ3n) is 5.28. The van der Waals surface area contributed by atoms with Crippen molar-refractivity contribution in [2.24, 2.45) is 0 Å². The van der Waals surface area contributed by atoms with Crippen LogP contribution in [-0.2, 0) is 6.42 Å². The van der Waals surface area contributed by atoms with Crippen LogP contribution >= 0.6 is 0 Å². The van der Waals surface area contributed by atoms with Crippen LogP contribution in [0.25, 0.3) is 33.0 Å². The maximum absolute atomic E-state index is 14.9. The molecular formula is C27H22F2. The molecule has 0 aliphatic rings. The standard InChI is InChI=1S/C27H22F2/c1-3-4-6-19-11-14-24-21(15-19)7-5-8-23(24)22-16-25(28)27(26(29)17-22)20-12-9-18(2)10-13-20/h3,5,7-17H,1,4,6H2,2H3. The highest BCUT2D eigenvalue weighted by atomic mass is 19.1. The summed E-state index contributed by atoms with van der Waals surface area (Å²) in [6.07, 6.45) is 3.75. The molecule has 4 aromatic carbocycles. The van der Waals surface area contributed by atoms with E-state index in [2.05, 4.69) is 18.7 Å². The van der Waals surface area contributed by atoms with E-state index in [1.807, 2.05) is 49.4 Å². The normalized spacial score (nSPS) is 11.0. The number of halogens is 2. The van der Waals surface area contributed by atoms with Crippen LogP contribution in [-0.4, -0.2) is 0 Å². The van der Waals surface area contributed by atoms with Crippen molar-refractivity contribution in [1.29, 1.82) is 0 Å². The Morgan fingerprint density at radius 2 is 1.55 bits per heavy atom. The predicted octanol–water partition coefficient (Wildman–Crippen LogP) is 7.88. The van der Waals surface area contributed by atoms with E-state index in [9.17, 15) is 8.78 Å². The lowest BCUT2D eigenvalue weighted by molar-refractivity contribution is 0.590. The highest BCUT2D eigenvalue weighted by molar-refractivity contribution is 5.97. The van der Waals surface area contributed by atoms with Gasteiger partial charge in [-0.2, -0.15) is 0 Å². The smallest absolute Gasteiger partial charge is 0.134 e. The minimum atomic E-state index is -0.552. The molecule has 0 aromatic heterocycles. The molecule has 0 spiro atoms.